The number of piperazine rings is 1. The van der Waals surface area contributed by atoms with Crippen LogP contribution in [0.3, 0.4) is 0 Å². The zero-order valence-electron chi connectivity index (χ0n) is 18.7. The number of amides is 1. The summed E-state index contributed by atoms with van der Waals surface area (Å²) in [5, 5.41) is 3.29. The Balaban J connectivity index is 0.00000363. The van der Waals surface area contributed by atoms with E-state index in [1.54, 1.807) is 7.05 Å². The van der Waals surface area contributed by atoms with Crippen molar-refractivity contribution >= 4 is 35.8 Å². The van der Waals surface area contributed by atoms with Crippen molar-refractivity contribution in [1.82, 2.24) is 20.0 Å². The van der Waals surface area contributed by atoms with Crippen LogP contribution >= 0.6 is 24.0 Å². The summed E-state index contributed by atoms with van der Waals surface area (Å²) >= 11 is 0. The number of nitrogens with zero attached hydrogens (tertiary/aromatic N) is 4. The van der Waals surface area contributed by atoms with Gasteiger partial charge in [0.05, 0.1) is 0 Å². The van der Waals surface area contributed by atoms with Crippen molar-refractivity contribution < 1.29 is 18.0 Å². The van der Waals surface area contributed by atoms with Gasteiger partial charge in [-0.15, -0.1) is 24.0 Å². The zero-order valence-corrected chi connectivity index (χ0v) is 21.0. The maximum Gasteiger partial charge on any atom is 0.403 e. The number of nitrogens with one attached hydrogen (secondary N) is 1. The molecule has 1 unspecified atom stereocenters. The quantitative estimate of drug-likeness (QED) is 0.344. The Bertz CT molecular complexity index is 775. The van der Waals surface area contributed by atoms with Crippen molar-refractivity contribution in [3.05, 3.63) is 35.4 Å². The molecule has 0 aromatic heterocycles. The highest BCUT2D eigenvalue weighted by Gasteiger charge is 2.41. The Labute approximate surface area is 205 Å². The second-order valence-corrected chi connectivity index (χ2v) is 8.19. The van der Waals surface area contributed by atoms with Crippen LogP contribution in [0.15, 0.2) is 29.3 Å². The van der Waals surface area contributed by atoms with E-state index in [2.05, 4.69) is 10.3 Å². The van der Waals surface area contributed by atoms with Crippen molar-refractivity contribution in [2.75, 3.05) is 46.3 Å². The molecule has 0 saturated carbocycles. The summed E-state index contributed by atoms with van der Waals surface area (Å²) < 4.78 is 38.9. The lowest BCUT2D eigenvalue weighted by Crippen LogP contribution is -2.56. The Morgan fingerprint density at radius 1 is 1.06 bits per heavy atom. The largest absolute Gasteiger partial charge is 0.403 e. The van der Waals surface area contributed by atoms with Gasteiger partial charge in [0.15, 0.2) is 5.96 Å². The van der Waals surface area contributed by atoms with E-state index < -0.39 is 12.2 Å². The number of carbonyl (C=O) groups excluding carboxylic acids is 1. The van der Waals surface area contributed by atoms with E-state index in [4.69, 9.17) is 0 Å². The molecule has 0 aliphatic carbocycles. The van der Waals surface area contributed by atoms with E-state index in [0.717, 1.165) is 31.5 Å². The minimum absolute atomic E-state index is 0. The van der Waals surface area contributed by atoms with E-state index in [-0.39, 0.29) is 29.9 Å². The fraction of sp³-hybridized carbons (Fsp3) is 0.636. The van der Waals surface area contributed by atoms with Gasteiger partial charge in [-0.1, -0.05) is 12.1 Å². The molecule has 2 aliphatic heterocycles. The number of alkyl halides is 3. The molecule has 1 amide bonds. The number of halogens is 4. The SMILES string of the molecule is CN=C(NCc1cccc(C(=O)N2CCCCC2)c1)N1CCN(C(C)C(F)(F)F)CC1.I. The predicted octanol–water partition coefficient (Wildman–Crippen LogP) is 3.57. The van der Waals surface area contributed by atoms with Crippen molar-refractivity contribution in [3.63, 3.8) is 0 Å². The molecule has 3 rings (SSSR count). The third kappa shape index (κ3) is 6.97. The molecule has 1 aromatic carbocycles. The van der Waals surface area contributed by atoms with Gasteiger partial charge in [-0.05, 0) is 43.9 Å². The van der Waals surface area contributed by atoms with Crippen LogP contribution in [0.2, 0.25) is 0 Å². The smallest absolute Gasteiger partial charge is 0.352 e. The number of piperidine rings is 1. The van der Waals surface area contributed by atoms with Crippen LogP contribution in [0.1, 0.15) is 42.1 Å². The second kappa shape index (κ2) is 12.1. The van der Waals surface area contributed by atoms with E-state index in [1.807, 2.05) is 34.1 Å². The topological polar surface area (TPSA) is 51.2 Å². The van der Waals surface area contributed by atoms with Crippen LogP contribution < -0.4 is 5.32 Å². The van der Waals surface area contributed by atoms with Gasteiger partial charge >= 0.3 is 6.18 Å². The lowest BCUT2D eigenvalue weighted by Gasteiger charge is -2.39. The number of benzene rings is 1. The van der Waals surface area contributed by atoms with Crippen LogP contribution in [0.25, 0.3) is 0 Å². The molecule has 180 valence electrons. The number of likely N-dealkylation sites (tertiary alicyclic amines) is 1. The summed E-state index contributed by atoms with van der Waals surface area (Å²) in [4.78, 5) is 22.4. The monoisotopic (exact) mass is 567 g/mol. The second-order valence-electron chi connectivity index (χ2n) is 8.19. The number of carbonyl (C=O) groups is 1. The number of hydrogen-bond acceptors (Lipinski definition) is 3. The summed E-state index contributed by atoms with van der Waals surface area (Å²) in [6, 6.07) is 6.14. The molecular weight excluding hydrogens is 534 g/mol. The van der Waals surface area contributed by atoms with Gasteiger partial charge in [0.25, 0.3) is 5.91 Å². The van der Waals surface area contributed by atoms with Crippen LogP contribution in [0.4, 0.5) is 13.2 Å². The summed E-state index contributed by atoms with van der Waals surface area (Å²) in [7, 11) is 1.67. The molecule has 6 nitrogen and oxygen atoms in total. The molecule has 2 fully saturated rings. The minimum atomic E-state index is -4.21. The lowest BCUT2D eigenvalue weighted by molar-refractivity contribution is -0.181. The van der Waals surface area contributed by atoms with Gasteiger partial charge in [0, 0.05) is 58.4 Å². The Kier molecular flexibility index (Phi) is 10.1. The predicted molar refractivity (Wildman–Crippen MR) is 130 cm³/mol. The average molecular weight is 567 g/mol. The van der Waals surface area contributed by atoms with Crippen LogP contribution in [0, 0.1) is 0 Å². The van der Waals surface area contributed by atoms with Gasteiger partial charge in [-0.3, -0.25) is 14.7 Å². The van der Waals surface area contributed by atoms with Crippen LogP contribution in [0.5, 0.6) is 0 Å². The molecule has 2 saturated heterocycles. The third-order valence-electron chi connectivity index (χ3n) is 6.11. The van der Waals surface area contributed by atoms with E-state index in [9.17, 15) is 18.0 Å². The average Bonchev–Trinajstić information content (AvgIpc) is 2.79. The third-order valence-corrected chi connectivity index (χ3v) is 6.11. The molecule has 1 aromatic rings. The van der Waals surface area contributed by atoms with Crippen molar-refractivity contribution in [1.29, 1.82) is 0 Å². The van der Waals surface area contributed by atoms with Crippen LogP contribution in [-0.4, -0.2) is 85.1 Å². The number of rotatable bonds is 4. The number of hydrogen-bond donors (Lipinski definition) is 1. The number of aliphatic imine (C=N–C) groups is 1. The van der Waals surface area contributed by atoms with Gasteiger partial charge in [0.1, 0.15) is 6.04 Å². The molecule has 2 aliphatic rings. The first-order valence-electron chi connectivity index (χ1n) is 10.9. The first kappa shape index (κ1) is 26.7. The summed E-state index contributed by atoms with van der Waals surface area (Å²) in [5.41, 5.74) is 1.65. The van der Waals surface area contributed by atoms with Crippen LogP contribution in [-0.2, 0) is 6.54 Å². The molecule has 2 heterocycles. The van der Waals surface area contributed by atoms with Gasteiger partial charge in [0.2, 0.25) is 0 Å². The molecule has 32 heavy (non-hydrogen) atoms. The molecule has 0 spiro atoms. The standard InChI is InChI=1S/C22H32F3N5O.HI/c1-17(22(23,24)25)28-11-13-30(14-12-28)21(26-2)27-16-18-7-6-8-19(15-18)20(31)29-9-4-3-5-10-29;/h6-8,15,17H,3-5,9-14,16H2,1-2H3,(H,26,27);1H. The summed E-state index contributed by atoms with van der Waals surface area (Å²) in [6.45, 7) is 4.96. The summed E-state index contributed by atoms with van der Waals surface area (Å²) in [5.74, 6) is 0.730. The molecule has 10 heteroatoms. The zero-order chi connectivity index (χ0) is 22.4. The number of guanidine groups is 1. The highest BCUT2D eigenvalue weighted by atomic mass is 127. The van der Waals surface area contributed by atoms with Crippen molar-refractivity contribution in [3.8, 4) is 0 Å². The molecular formula is C22H33F3IN5O. The van der Waals surface area contributed by atoms with Gasteiger partial charge in [-0.2, -0.15) is 13.2 Å². The molecule has 0 bridgehead atoms. The van der Waals surface area contributed by atoms with Gasteiger partial charge in [-0.25, -0.2) is 0 Å². The van der Waals surface area contributed by atoms with Gasteiger partial charge < -0.3 is 15.1 Å². The Morgan fingerprint density at radius 2 is 1.72 bits per heavy atom. The first-order chi connectivity index (χ1) is 14.8. The lowest BCUT2D eigenvalue weighted by atomic mass is 10.1. The molecule has 1 atom stereocenters. The minimum Gasteiger partial charge on any atom is -0.352 e. The molecule has 1 N–H and O–H groups in total. The van der Waals surface area contributed by atoms with E-state index in [0.29, 0.717) is 44.2 Å². The highest BCUT2D eigenvalue weighted by Crippen LogP contribution is 2.25. The summed E-state index contributed by atoms with van der Waals surface area (Å²) in [6.07, 6.45) is -0.925. The maximum atomic E-state index is 13.0. The molecule has 0 radical (unpaired) electrons. The first-order valence-corrected chi connectivity index (χ1v) is 10.9. The Morgan fingerprint density at radius 3 is 2.31 bits per heavy atom. The van der Waals surface area contributed by atoms with E-state index >= 15 is 0 Å². The normalized spacial score (nSPS) is 19.3. The van der Waals surface area contributed by atoms with E-state index in [1.165, 1.54) is 18.2 Å². The van der Waals surface area contributed by atoms with Crippen molar-refractivity contribution in [2.45, 2.75) is 44.9 Å². The highest BCUT2D eigenvalue weighted by molar-refractivity contribution is 14.0. The Hall–Kier alpha value is -1.56. The van der Waals surface area contributed by atoms with Crippen molar-refractivity contribution in [2.24, 2.45) is 4.99 Å². The fourth-order valence-corrected chi connectivity index (χ4v) is 4.14. The maximum absolute atomic E-state index is 13.0. The fourth-order valence-electron chi connectivity index (χ4n) is 4.14.